The van der Waals surface area contributed by atoms with Crippen molar-refractivity contribution in [1.82, 2.24) is 0 Å². The summed E-state index contributed by atoms with van der Waals surface area (Å²) in [7, 11) is 0. The van der Waals surface area contributed by atoms with Gasteiger partial charge in [-0.25, -0.2) is 0 Å². The maximum absolute atomic E-state index is 12.6. The molecule has 27 heavy (non-hydrogen) atoms. The van der Waals surface area contributed by atoms with Crippen molar-refractivity contribution in [3.05, 3.63) is 64.2 Å². The zero-order chi connectivity index (χ0) is 19.4. The summed E-state index contributed by atoms with van der Waals surface area (Å²) < 4.78 is 5.47. The first kappa shape index (κ1) is 19.9. The van der Waals surface area contributed by atoms with E-state index >= 15 is 0 Å². The van der Waals surface area contributed by atoms with E-state index in [2.05, 4.69) is 0 Å². The number of Topliss-reactive ketones (excluding diaryl/α,β-unsaturated/α-hetero) is 1. The Morgan fingerprint density at radius 2 is 1.89 bits per heavy atom. The molecular formula is C22H25ClO4. The van der Waals surface area contributed by atoms with Crippen LogP contribution < -0.4 is 4.74 Å². The van der Waals surface area contributed by atoms with Gasteiger partial charge in [-0.05, 0) is 61.1 Å². The van der Waals surface area contributed by atoms with E-state index in [-0.39, 0.29) is 12.4 Å². The van der Waals surface area contributed by atoms with Crippen molar-refractivity contribution in [2.75, 3.05) is 13.2 Å². The molecule has 0 heterocycles. The second kappa shape index (κ2) is 8.87. The van der Waals surface area contributed by atoms with E-state index in [1.807, 2.05) is 49.4 Å². The molecule has 4 nitrogen and oxygen atoms in total. The predicted molar refractivity (Wildman–Crippen MR) is 105 cm³/mol. The van der Waals surface area contributed by atoms with Crippen LogP contribution in [0.1, 0.15) is 42.4 Å². The Hall–Kier alpha value is -1.88. The molecule has 3 unspecified atom stereocenters. The van der Waals surface area contributed by atoms with Crippen LogP contribution in [0.15, 0.2) is 42.5 Å². The van der Waals surface area contributed by atoms with E-state index < -0.39 is 17.9 Å². The van der Waals surface area contributed by atoms with Crippen LogP contribution in [0.4, 0.5) is 0 Å². The van der Waals surface area contributed by atoms with Crippen molar-refractivity contribution in [3.8, 4) is 5.75 Å². The lowest BCUT2D eigenvalue weighted by molar-refractivity contribution is -0.130. The molecule has 3 atom stereocenters. The Morgan fingerprint density at radius 1 is 1.15 bits per heavy atom. The third kappa shape index (κ3) is 4.70. The maximum atomic E-state index is 12.6. The largest absolute Gasteiger partial charge is 0.494 e. The zero-order valence-corrected chi connectivity index (χ0v) is 16.2. The van der Waals surface area contributed by atoms with Gasteiger partial charge in [-0.2, -0.15) is 0 Å². The Kier molecular flexibility index (Phi) is 6.53. The Labute approximate surface area is 164 Å². The minimum atomic E-state index is -0.574. The molecule has 1 fully saturated rings. The third-order valence-electron chi connectivity index (χ3n) is 5.13. The molecule has 0 radical (unpaired) electrons. The van der Waals surface area contributed by atoms with Crippen LogP contribution in [-0.4, -0.2) is 35.3 Å². The molecular weight excluding hydrogens is 364 g/mol. The first-order chi connectivity index (χ1) is 13.0. The van der Waals surface area contributed by atoms with Gasteiger partial charge in [0.05, 0.1) is 19.3 Å². The van der Waals surface area contributed by atoms with Crippen molar-refractivity contribution in [3.63, 3.8) is 0 Å². The number of rotatable bonds is 6. The molecule has 2 N–H and O–H groups in total. The van der Waals surface area contributed by atoms with Gasteiger partial charge in [0.25, 0.3) is 0 Å². The third-order valence-corrected chi connectivity index (χ3v) is 5.50. The maximum Gasteiger partial charge on any atom is 0.145 e. The highest BCUT2D eigenvalue weighted by Gasteiger charge is 2.36. The number of ketones is 1. The molecule has 1 aliphatic carbocycles. The van der Waals surface area contributed by atoms with Gasteiger partial charge >= 0.3 is 0 Å². The molecule has 0 bridgehead atoms. The monoisotopic (exact) mass is 388 g/mol. The quantitative estimate of drug-likeness (QED) is 0.791. The first-order valence-corrected chi connectivity index (χ1v) is 9.72. The summed E-state index contributed by atoms with van der Waals surface area (Å²) in [6, 6.07) is 13.5. The van der Waals surface area contributed by atoms with Gasteiger partial charge < -0.3 is 14.9 Å². The SMILES string of the molecule is CCOc1ccc(Cc2cc(C3CC(O)CC(CO)C3=O)ccc2Cl)cc1. The van der Waals surface area contributed by atoms with Crippen LogP contribution in [0.25, 0.3) is 0 Å². The summed E-state index contributed by atoms with van der Waals surface area (Å²) in [5, 5.41) is 20.2. The number of ether oxygens (including phenoxy) is 1. The van der Waals surface area contributed by atoms with Crippen molar-refractivity contribution >= 4 is 17.4 Å². The van der Waals surface area contributed by atoms with Crippen LogP contribution in [-0.2, 0) is 11.2 Å². The molecule has 1 saturated carbocycles. The molecule has 0 spiro atoms. The van der Waals surface area contributed by atoms with Gasteiger partial charge in [0.15, 0.2) is 0 Å². The van der Waals surface area contributed by atoms with Gasteiger partial charge in [-0.15, -0.1) is 0 Å². The topological polar surface area (TPSA) is 66.8 Å². The standard InChI is InChI=1S/C22H25ClO4/c1-2-27-19-6-3-14(4-7-19)9-16-10-15(5-8-21(16)23)20-12-18(25)11-17(13-24)22(20)26/h3-8,10,17-18,20,24-25H,2,9,11-13H2,1H3. The number of benzene rings is 2. The van der Waals surface area contributed by atoms with E-state index in [1.165, 1.54) is 0 Å². The summed E-state index contributed by atoms with van der Waals surface area (Å²) >= 11 is 6.39. The van der Waals surface area contributed by atoms with Crippen molar-refractivity contribution in [2.24, 2.45) is 5.92 Å². The van der Waals surface area contributed by atoms with E-state index in [9.17, 15) is 15.0 Å². The van der Waals surface area contributed by atoms with E-state index in [0.717, 1.165) is 22.4 Å². The van der Waals surface area contributed by atoms with E-state index in [1.54, 1.807) is 0 Å². The van der Waals surface area contributed by atoms with Crippen LogP contribution in [0, 0.1) is 5.92 Å². The lowest BCUT2D eigenvalue weighted by Gasteiger charge is -2.30. The fraction of sp³-hybridized carbons (Fsp3) is 0.409. The van der Waals surface area contributed by atoms with E-state index in [4.69, 9.17) is 16.3 Å². The number of carbonyl (C=O) groups is 1. The smallest absolute Gasteiger partial charge is 0.145 e. The minimum Gasteiger partial charge on any atom is -0.494 e. The molecule has 0 aliphatic heterocycles. The van der Waals surface area contributed by atoms with E-state index in [0.29, 0.717) is 30.9 Å². The Balaban J connectivity index is 1.82. The summed E-state index contributed by atoms with van der Waals surface area (Å²) in [6.45, 7) is 2.35. The second-order valence-electron chi connectivity index (χ2n) is 7.06. The van der Waals surface area contributed by atoms with Gasteiger partial charge in [-0.1, -0.05) is 35.9 Å². The molecule has 0 amide bonds. The fourth-order valence-corrected chi connectivity index (χ4v) is 3.90. The molecule has 3 rings (SSSR count). The predicted octanol–water partition coefficient (Wildman–Crippen LogP) is 3.75. The van der Waals surface area contributed by atoms with Crippen molar-refractivity contribution < 1.29 is 19.7 Å². The summed E-state index contributed by atoms with van der Waals surface area (Å²) in [5.74, 6) is -0.0682. The second-order valence-corrected chi connectivity index (χ2v) is 7.47. The van der Waals surface area contributed by atoms with Gasteiger partial charge in [0.1, 0.15) is 11.5 Å². The highest BCUT2D eigenvalue weighted by Crippen LogP contribution is 2.35. The van der Waals surface area contributed by atoms with Crippen molar-refractivity contribution in [1.29, 1.82) is 0 Å². The number of hydrogen-bond donors (Lipinski definition) is 2. The number of aliphatic hydroxyl groups is 2. The molecule has 0 aromatic heterocycles. The van der Waals surface area contributed by atoms with Gasteiger partial charge in [0.2, 0.25) is 0 Å². The minimum absolute atomic E-state index is 0.00265. The van der Waals surface area contributed by atoms with Crippen molar-refractivity contribution in [2.45, 2.75) is 38.2 Å². The lowest BCUT2D eigenvalue weighted by Crippen LogP contribution is -2.36. The van der Waals surface area contributed by atoms with Crippen LogP contribution >= 0.6 is 11.6 Å². The van der Waals surface area contributed by atoms with Crippen LogP contribution in [0.2, 0.25) is 5.02 Å². The van der Waals surface area contributed by atoms with Crippen LogP contribution in [0.5, 0.6) is 5.75 Å². The van der Waals surface area contributed by atoms with Gasteiger partial charge in [0, 0.05) is 16.9 Å². The highest BCUT2D eigenvalue weighted by atomic mass is 35.5. The Bertz CT molecular complexity index is 787. The van der Waals surface area contributed by atoms with Crippen LogP contribution in [0.3, 0.4) is 0 Å². The number of aliphatic hydroxyl groups excluding tert-OH is 2. The summed E-state index contributed by atoms with van der Waals surface area (Å²) in [4.78, 5) is 12.6. The molecule has 144 valence electrons. The molecule has 2 aromatic carbocycles. The zero-order valence-electron chi connectivity index (χ0n) is 15.4. The number of carbonyl (C=O) groups excluding carboxylic acids is 1. The first-order valence-electron chi connectivity index (χ1n) is 9.34. The highest BCUT2D eigenvalue weighted by molar-refractivity contribution is 6.31. The normalized spacial score (nSPS) is 22.7. The number of hydrogen-bond acceptors (Lipinski definition) is 4. The number of halogens is 1. The summed E-state index contributed by atoms with van der Waals surface area (Å²) in [6.07, 6.45) is 0.791. The summed E-state index contributed by atoms with van der Waals surface area (Å²) in [5.41, 5.74) is 2.88. The Morgan fingerprint density at radius 3 is 2.56 bits per heavy atom. The lowest BCUT2D eigenvalue weighted by atomic mass is 9.75. The molecule has 2 aromatic rings. The fourth-order valence-electron chi connectivity index (χ4n) is 3.72. The average molecular weight is 389 g/mol. The molecule has 0 saturated heterocycles. The molecule has 1 aliphatic rings. The molecule has 5 heteroatoms. The average Bonchev–Trinajstić information content (AvgIpc) is 2.67. The van der Waals surface area contributed by atoms with Gasteiger partial charge in [-0.3, -0.25) is 4.79 Å².